The first-order chi connectivity index (χ1) is 13.6. The Morgan fingerprint density at radius 1 is 0.704 bits per heavy atom. The lowest BCUT2D eigenvalue weighted by Gasteiger charge is -2.14. The Morgan fingerprint density at radius 2 is 1.41 bits per heavy atom. The maximum atomic E-state index is 9.02. The Bertz CT molecular complexity index is 1280. The number of fused-ring (bicyclic) bond motifs is 3. The summed E-state index contributed by atoms with van der Waals surface area (Å²) < 4.78 is 11.6. The van der Waals surface area contributed by atoms with Crippen LogP contribution in [0, 0.1) is 0 Å². The van der Waals surface area contributed by atoms with Gasteiger partial charge in [-0.3, -0.25) is 0 Å². The van der Waals surface area contributed by atoms with Crippen LogP contribution in [0.2, 0.25) is 0 Å². The second-order valence-corrected chi connectivity index (χ2v) is 7.90. The summed E-state index contributed by atoms with van der Waals surface area (Å²) in [6.07, 6.45) is 0. The Morgan fingerprint density at radius 3 is 2.30 bits per heavy atom. The van der Waals surface area contributed by atoms with Gasteiger partial charge >= 0.3 is 0 Å². The third kappa shape index (κ3) is 2.85. The van der Waals surface area contributed by atoms with Crippen LogP contribution in [0.25, 0.3) is 31.3 Å². The summed E-state index contributed by atoms with van der Waals surface area (Å²) in [7, 11) is 0. The number of hydrogen-bond acceptors (Lipinski definition) is 1. The van der Waals surface area contributed by atoms with Crippen molar-refractivity contribution in [1.29, 1.82) is 0 Å². The first-order valence-electron chi connectivity index (χ1n) is 9.71. The Kier molecular flexibility index (Phi) is 3.76. The highest BCUT2D eigenvalue weighted by Crippen LogP contribution is 2.40. The molecule has 0 bridgehead atoms. The van der Waals surface area contributed by atoms with Crippen LogP contribution in [0.5, 0.6) is 0 Å². The third-order valence-electron chi connectivity index (χ3n) is 5.22. The monoisotopic (exact) mass is 365 g/mol. The highest BCUT2D eigenvalue weighted by molar-refractivity contribution is 7.26. The van der Waals surface area contributed by atoms with E-state index in [4.69, 9.17) is 1.37 Å². The van der Waals surface area contributed by atoms with Crippen LogP contribution in [-0.4, -0.2) is 0 Å². The van der Waals surface area contributed by atoms with E-state index >= 15 is 0 Å². The van der Waals surface area contributed by atoms with E-state index in [0.29, 0.717) is 0 Å². The van der Waals surface area contributed by atoms with E-state index in [0.717, 1.165) is 11.1 Å². The van der Waals surface area contributed by atoms with Crippen LogP contribution in [0.15, 0.2) is 97.1 Å². The molecule has 4 aromatic carbocycles. The fraction of sp³-hybridized carbons (Fsp3) is 0.0769. The average molecular weight is 366 g/mol. The minimum absolute atomic E-state index is 0.786. The molecule has 0 aliphatic rings. The van der Waals surface area contributed by atoms with E-state index < -0.39 is 5.89 Å². The molecule has 0 aliphatic carbocycles. The predicted molar refractivity (Wildman–Crippen MR) is 119 cm³/mol. The molecule has 1 heterocycles. The van der Waals surface area contributed by atoms with Crippen LogP contribution in [0.1, 0.15) is 25.3 Å². The van der Waals surface area contributed by atoms with Crippen molar-refractivity contribution in [1.82, 2.24) is 0 Å². The van der Waals surface area contributed by atoms with E-state index in [2.05, 4.69) is 66.7 Å². The Labute approximate surface area is 165 Å². The van der Waals surface area contributed by atoms with Gasteiger partial charge in [0, 0.05) is 27.4 Å². The minimum atomic E-state index is -0.786. The topological polar surface area (TPSA) is 0 Å². The zero-order valence-electron chi connectivity index (χ0n) is 16.1. The van der Waals surface area contributed by atoms with Crippen LogP contribution < -0.4 is 0 Å². The van der Waals surface area contributed by atoms with Gasteiger partial charge in [-0.1, -0.05) is 97.9 Å². The third-order valence-corrected chi connectivity index (χ3v) is 6.44. The van der Waals surface area contributed by atoms with Crippen LogP contribution in [0.4, 0.5) is 0 Å². The molecule has 5 aromatic rings. The summed E-state index contributed by atoms with van der Waals surface area (Å²) in [5.41, 5.74) is 4.43. The quantitative estimate of drug-likeness (QED) is 0.305. The highest BCUT2D eigenvalue weighted by Gasteiger charge is 2.12. The molecule has 0 amide bonds. The van der Waals surface area contributed by atoms with Gasteiger partial charge in [-0.25, -0.2) is 0 Å². The first-order valence-corrected chi connectivity index (χ1v) is 10.0. The van der Waals surface area contributed by atoms with Crippen LogP contribution >= 0.6 is 11.3 Å². The van der Waals surface area contributed by atoms with Gasteiger partial charge in [0.2, 0.25) is 0 Å². The highest BCUT2D eigenvalue weighted by atomic mass is 32.1. The summed E-state index contributed by atoms with van der Waals surface area (Å²) >= 11 is 1.85. The van der Waals surface area contributed by atoms with Gasteiger partial charge in [-0.05, 0) is 28.3 Å². The van der Waals surface area contributed by atoms with E-state index in [9.17, 15) is 0 Å². The van der Waals surface area contributed by atoms with Crippen molar-refractivity contribution >= 4 is 31.5 Å². The van der Waals surface area contributed by atoms with E-state index in [1.165, 1.54) is 31.3 Å². The molecule has 5 rings (SSSR count). The molecule has 0 nitrogen and oxygen atoms in total. The standard InChI is InChI=1S/C26H20S/c1-18(19-9-3-2-4-10-19)20-11-7-12-21(17-20)22-14-8-15-24-23-13-5-6-16-25(23)27-26(22)24/h2-18H,1H3/i18D. The lowest BCUT2D eigenvalue weighted by molar-refractivity contribution is 0.923. The molecule has 0 spiro atoms. The van der Waals surface area contributed by atoms with Crippen molar-refractivity contribution < 1.29 is 1.37 Å². The molecule has 0 N–H and O–H groups in total. The zero-order chi connectivity index (χ0) is 19.1. The van der Waals surface area contributed by atoms with Gasteiger partial charge in [0.05, 0.1) is 0 Å². The average Bonchev–Trinajstić information content (AvgIpc) is 3.13. The minimum Gasteiger partial charge on any atom is -0.135 e. The summed E-state index contributed by atoms with van der Waals surface area (Å²) in [6, 6.07) is 33.7. The normalized spacial score (nSPS) is 14.2. The van der Waals surface area contributed by atoms with E-state index in [-0.39, 0.29) is 0 Å². The summed E-state index contributed by atoms with van der Waals surface area (Å²) in [5, 5.41) is 2.62. The predicted octanol–water partition coefficient (Wildman–Crippen LogP) is 7.87. The molecule has 0 aliphatic heterocycles. The molecular weight excluding hydrogens is 344 g/mol. The molecule has 1 unspecified atom stereocenters. The fourth-order valence-electron chi connectivity index (χ4n) is 3.75. The number of thiophene rings is 1. The maximum Gasteiger partial charge on any atom is 0.0433 e. The van der Waals surface area contributed by atoms with Gasteiger partial charge in [0.25, 0.3) is 0 Å². The molecule has 130 valence electrons. The van der Waals surface area contributed by atoms with E-state index in [1.54, 1.807) is 0 Å². The molecule has 1 aromatic heterocycles. The summed E-state index contributed by atoms with van der Waals surface area (Å²) in [5.74, 6) is -0.786. The summed E-state index contributed by atoms with van der Waals surface area (Å²) in [6.45, 7) is 1.97. The van der Waals surface area contributed by atoms with Crippen LogP contribution in [0.3, 0.4) is 0 Å². The van der Waals surface area contributed by atoms with Crippen molar-refractivity contribution in [3.05, 3.63) is 108 Å². The smallest absolute Gasteiger partial charge is 0.0433 e. The molecule has 27 heavy (non-hydrogen) atoms. The van der Waals surface area contributed by atoms with Gasteiger partial charge in [0.15, 0.2) is 0 Å². The molecule has 0 radical (unpaired) electrons. The second kappa shape index (κ2) is 6.68. The SMILES string of the molecule is [2H]C(C)(c1ccccc1)c1cccc(-c2cccc3c2sc2ccccc23)c1. The van der Waals surface area contributed by atoms with Gasteiger partial charge in [-0.15, -0.1) is 11.3 Å². The van der Waals surface area contributed by atoms with Gasteiger partial charge < -0.3 is 0 Å². The number of rotatable bonds is 3. The molecule has 0 fully saturated rings. The lowest BCUT2D eigenvalue weighted by Crippen LogP contribution is -1.95. The zero-order valence-corrected chi connectivity index (χ0v) is 16.0. The van der Waals surface area contributed by atoms with Crippen molar-refractivity contribution in [2.75, 3.05) is 0 Å². The van der Waals surface area contributed by atoms with Crippen LogP contribution in [-0.2, 0) is 0 Å². The fourth-order valence-corrected chi connectivity index (χ4v) is 4.99. The van der Waals surface area contributed by atoms with E-state index in [1.807, 2.05) is 48.6 Å². The first kappa shape index (κ1) is 15.2. The Balaban J connectivity index is 1.68. The number of benzene rings is 4. The molecule has 0 saturated heterocycles. The second-order valence-electron chi connectivity index (χ2n) is 6.85. The number of hydrogen-bond donors (Lipinski definition) is 0. The Hall–Kier alpha value is -2.90. The summed E-state index contributed by atoms with van der Waals surface area (Å²) in [4.78, 5) is 0. The molecular formula is C26H20S. The van der Waals surface area contributed by atoms with Crippen molar-refractivity contribution in [2.24, 2.45) is 0 Å². The molecule has 0 saturated carbocycles. The van der Waals surface area contributed by atoms with Crippen molar-refractivity contribution in [2.45, 2.75) is 12.8 Å². The van der Waals surface area contributed by atoms with Crippen molar-refractivity contribution in [3.8, 4) is 11.1 Å². The van der Waals surface area contributed by atoms with Gasteiger partial charge in [-0.2, -0.15) is 0 Å². The van der Waals surface area contributed by atoms with Gasteiger partial charge in [0.1, 0.15) is 0 Å². The molecule has 1 atom stereocenters. The largest absolute Gasteiger partial charge is 0.135 e. The maximum absolute atomic E-state index is 9.02. The van der Waals surface area contributed by atoms with Crippen molar-refractivity contribution in [3.63, 3.8) is 0 Å². The molecule has 1 heteroatoms. The lowest BCUT2D eigenvalue weighted by atomic mass is 9.91.